The summed E-state index contributed by atoms with van der Waals surface area (Å²) in [6.07, 6.45) is -9.43. The molecular weight excluding hydrogens is 502 g/mol. The second-order valence-corrected chi connectivity index (χ2v) is 9.95. The molecule has 1 heterocycles. The number of hydrogen-bond acceptors (Lipinski definition) is 5. The quantitative estimate of drug-likeness (QED) is 0.490. The Hall–Kier alpha value is -2.67. The van der Waals surface area contributed by atoms with Crippen molar-refractivity contribution in [2.24, 2.45) is 0 Å². The minimum absolute atomic E-state index is 0.0163. The number of aryl methyl sites for hydroxylation is 2. The van der Waals surface area contributed by atoms with Gasteiger partial charge in [-0.2, -0.15) is 30.6 Å². The third-order valence-electron chi connectivity index (χ3n) is 5.32. The van der Waals surface area contributed by atoms with Crippen LogP contribution in [-0.2, 0) is 10.0 Å². The van der Waals surface area contributed by atoms with Gasteiger partial charge in [-0.15, -0.1) is 0 Å². The lowest BCUT2D eigenvalue weighted by atomic mass is 10.1. The molecule has 0 aliphatic carbocycles. The van der Waals surface area contributed by atoms with Gasteiger partial charge < -0.3 is 14.4 Å². The molecule has 2 aromatic rings. The average Bonchev–Trinajstić information content (AvgIpc) is 2.76. The van der Waals surface area contributed by atoms with Gasteiger partial charge in [0.1, 0.15) is 16.4 Å². The van der Waals surface area contributed by atoms with E-state index in [0.717, 1.165) is 39.3 Å². The molecule has 0 atom stereocenters. The van der Waals surface area contributed by atoms with E-state index in [4.69, 9.17) is 0 Å². The van der Waals surface area contributed by atoms with Crippen LogP contribution in [0.2, 0.25) is 0 Å². The van der Waals surface area contributed by atoms with E-state index in [1.165, 1.54) is 0 Å². The molecule has 13 heteroatoms. The van der Waals surface area contributed by atoms with Gasteiger partial charge in [0.2, 0.25) is 10.0 Å². The van der Waals surface area contributed by atoms with Crippen LogP contribution in [0.5, 0.6) is 11.5 Å². The number of anilines is 1. The highest BCUT2D eigenvalue weighted by Gasteiger charge is 2.35. The van der Waals surface area contributed by atoms with Crippen molar-refractivity contribution in [3.8, 4) is 11.5 Å². The van der Waals surface area contributed by atoms with Crippen LogP contribution >= 0.6 is 0 Å². The third kappa shape index (κ3) is 6.94. The summed E-state index contributed by atoms with van der Waals surface area (Å²) in [5.74, 6) is -1.09. The molecular formula is C22H24F6N2O4S. The topological polar surface area (TPSA) is 59.1 Å². The number of sulfonamides is 1. The number of ether oxygens (including phenoxy) is 2. The molecule has 3 rings (SSSR count). The largest absolute Gasteiger partial charge is 0.484 e. The van der Waals surface area contributed by atoms with Crippen LogP contribution in [0, 0.1) is 13.8 Å². The smallest absolute Gasteiger partial charge is 0.422 e. The first-order chi connectivity index (χ1) is 16.2. The van der Waals surface area contributed by atoms with E-state index in [1.54, 1.807) is 0 Å². The zero-order valence-corrected chi connectivity index (χ0v) is 19.7. The number of para-hydroxylation sites is 1. The molecule has 2 aromatic carbocycles. The van der Waals surface area contributed by atoms with Crippen molar-refractivity contribution in [3.05, 3.63) is 47.5 Å². The highest BCUT2D eigenvalue weighted by molar-refractivity contribution is 7.89. The van der Waals surface area contributed by atoms with Gasteiger partial charge in [0.15, 0.2) is 13.2 Å². The number of benzene rings is 2. The van der Waals surface area contributed by atoms with Gasteiger partial charge in [0.05, 0.1) is 0 Å². The number of nitrogens with zero attached hydrogens (tertiary/aromatic N) is 2. The number of alkyl halides is 6. The highest BCUT2D eigenvalue weighted by atomic mass is 32.2. The van der Waals surface area contributed by atoms with Crippen molar-refractivity contribution in [1.29, 1.82) is 0 Å². The van der Waals surface area contributed by atoms with Gasteiger partial charge in [0.25, 0.3) is 0 Å². The summed E-state index contributed by atoms with van der Waals surface area (Å²) in [6.45, 7) is 1.07. The maximum Gasteiger partial charge on any atom is 0.422 e. The first-order valence-corrected chi connectivity index (χ1v) is 12.0. The molecule has 194 valence electrons. The van der Waals surface area contributed by atoms with Crippen molar-refractivity contribution in [2.75, 3.05) is 44.3 Å². The van der Waals surface area contributed by atoms with Gasteiger partial charge in [-0.3, -0.25) is 0 Å². The van der Waals surface area contributed by atoms with E-state index in [9.17, 15) is 34.8 Å². The zero-order chi connectivity index (χ0) is 26.0. The fourth-order valence-electron chi connectivity index (χ4n) is 3.82. The lowest BCUT2D eigenvalue weighted by Crippen LogP contribution is -2.49. The fourth-order valence-corrected chi connectivity index (χ4v) is 5.39. The number of halogens is 6. The Morgan fingerprint density at radius 2 is 1.37 bits per heavy atom. The molecule has 1 fully saturated rings. The molecule has 0 aromatic heterocycles. The molecule has 1 saturated heterocycles. The molecule has 0 radical (unpaired) electrons. The summed E-state index contributed by atoms with van der Waals surface area (Å²) >= 11 is 0. The monoisotopic (exact) mass is 526 g/mol. The zero-order valence-electron chi connectivity index (χ0n) is 18.9. The van der Waals surface area contributed by atoms with Crippen molar-refractivity contribution in [3.63, 3.8) is 0 Å². The molecule has 0 unspecified atom stereocenters. The molecule has 1 aliphatic rings. The molecule has 0 amide bonds. The summed E-state index contributed by atoms with van der Waals surface area (Å²) in [7, 11) is -4.41. The van der Waals surface area contributed by atoms with Crippen molar-refractivity contribution in [2.45, 2.75) is 31.1 Å². The second kappa shape index (κ2) is 10.1. The van der Waals surface area contributed by atoms with E-state index in [2.05, 4.69) is 9.47 Å². The van der Waals surface area contributed by atoms with Gasteiger partial charge in [-0.25, -0.2) is 8.42 Å². The molecule has 35 heavy (non-hydrogen) atoms. The first kappa shape index (κ1) is 26.9. The molecule has 0 saturated carbocycles. The summed E-state index contributed by atoms with van der Waals surface area (Å²) in [5.41, 5.74) is 3.00. The predicted molar refractivity (Wildman–Crippen MR) is 116 cm³/mol. The Balaban J connectivity index is 1.86. The van der Waals surface area contributed by atoms with E-state index in [1.807, 2.05) is 36.9 Å². The number of rotatable bonds is 7. The fraction of sp³-hybridized carbons (Fsp3) is 0.455. The van der Waals surface area contributed by atoms with Crippen LogP contribution in [0.4, 0.5) is 32.0 Å². The van der Waals surface area contributed by atoms with E-state index < -0.39 is 52.0 Å². The van der Waals surface area contributed by atoms with Crippen molar-refractivity contribution >= 4 is 15.7 Å². The Morgan fingerprint density at radius 1 is 0.829 bits per heavy atom. The SMILES string of the molecule is Cc1cccc(C)c1N1CCN(S(=O)(=O)c2cc(OCC(F)(F)F)ccc2OCC(F)(F)F)CC1. The highest BCUT2D eigenvalue weighted by Crippen LogP contribution is 2.34. The summed E-state index contributed by atoms with van der Waals surface area (Å²) < 4.78 is 113. The first-order valence-electron chi connectivity index (χ1n) is 10.5. The molecule has 6 nitrogen and oxygen atoms in total. The molecule has 0 spiro atoms. The summed E-state index contributed by atoms with van der Waals surface area (Å²) in [5, 5.41) is 0. The maximum atomic E-state index is 13.3. The minimum Gasteiger partial charge on any atom is -0.484 e. The molecule has 1 aliphatic heterocycles. The Kier molecular flexibility index (Phi) is 7.80. The molecule has 0 bridgehead atoms. The van der Waals surface area contributed by atoms with Crippen LogP contribution in [0.1, 0.15) is 11.1 Å². The number of piperazine rings is 1. The van der Waals surface area contributed by atoms with E-state index in [0.29, 0.717) is 13.1 Å². The lowest BCUT2D eigenvalue weighted by Gasteiger charge is -2.37. The average molecular weight is 526 g/mol. The summed E-state index contributed by atoms with van der Waals surface area (Å²) in [4.78, 5) is 1.32. The van der Waals surface area contributed by atoms with Gasteiger partial charge in [-0.05, 0) is 37.1 Å². The lowest BCUT2D eigenvalue weighted by molar-refractivity contribution is -0.154. The Bertz CT molecular complexity index is 1120. The standard InChI is InChI=1S/C22H24F6N2O4S/c1-15-4-3-5-16(2)20(15)29-8-10-30(11-9-29)35(31,32)19-12-17(33-13-21(23,24)25)6-7-18(19)34-14-22(26,27)28/h3-7,12H,8-11,13-14H2,1-2H3. The number of hydrogen-bond donors (Lipinski definition) is 0. The normalized spacial score (nSPS) is 15.8. The predicted octanol–water partition coefficient (Wildman–Crippen LogP) is 4.70. The van der Waals surface area contributed by atoms with Crippen LogP contribution in [0.25, 0.3) is 0 Å². The van der Waals surface area contributed by atoms with Crippen LogP contribution in [0.15, 0.2) is 41.3 Å². The van der Waals surface area contributed by atoms with Crippen LogP contribution in [0.3, 0.4) is 0 Å². The minimum atomic E-state index is -4.75. The molecule has 0 N–H and O–H groups in total. The van der Waals surface area contributed by atoms with Crippen molar-refractivity contribution in [1.82, 2.24) is 4.31 Å². The van der Waals surface area contributed by atoms with Crippen molar-refractivity contribution < 1.29 is 44.2 Å². The van der Waals surface area contributed by atoms with Crippen LogP contribution < -0.4 is 14.4 Å². The maximum absolute atomic E-state index is 13.3. The van der Waals surface area contributed by atoms with Gasteiger partial charge in [0, 0.05) is 37.9 Å². The van der Waals surface area contributed by atoms with E-state index in [-0.39, 0.29) is 13.1 Å². The second-order valence-electron chi connectivity index (χ2n) is 8.05. The van der Waals surface area contributed by atoms with Gasteiger partial charge in [-0.1, -0.05) is 18.2 Å². The van der Waals surface area contributed by atoms with Crippen LogP contribution in [-0.4, -0.2) is 64.5 Å². The van der Waals surface area contributed by atoms with E-state index >= 15 is 0 Å². The Morgan fingerprint density at radius 3 is 1.91 bits per heavy atom. The van der Waals surface area contributed by atoms with Gasteiger partial charge >= 0.3 is 12.4 Å². The summed E-state index contributed by atoms with van der Waals surface area (Å²) in [6, 6.07) is 8.31. The Labute approximate surface area is 199 Å². The third-order valence-corrected chi connectivity index (χ3v) is 7.24.